The second kappa shape index (κ2) is 3.37. The van der Waals surface area contributed by atoms with E-state index in [9.17, 15) is 4.79 Å². The molecule has 0 unspecified atom stereocenters. The molecule has 2 rings (SSSR count). The molecule has 1 aliphatic rings. The summed E-state index contributed by atoms with van der Waals surface area (Å²) >= 11 is 1.67. The fraction of sp³-hybridized carbons (Fsp3) is 0.500. The van der Waals surface area contributed by atoms with Crippen LogP contribution in [0.2, 0.25) is 0 Å². The van der Waals surface area contributed by atoms with E-state index >= 15 is 0 Å². The predicted octanol–water partition coefficient (Wildman–Crippen LogP) is 1.16. The van der Waals surface area contributed by atoms with Gasteiger partial charge in [-0.2, -0.15) is 0 Å². The molecule has 3 nitrogen and oxygen atoms in total. The first-order valence-corrected chi connectivity index (χ1v) is 5.60. The van der Waals surface area contributed by atoms with Crippen LogP contribution in [0.5, 0.6) is 0 Å². The van der Waals surface area contributed by atoms with Crippen molar-refractivity contribution < 1.29 is 4.79 Å². The maximum absolute atomic E-state index is 11.5. The highest BCUT2D eigenvalue weighted by Crippen LogP contribution is 2.32. The monoisotopic (exact) mass is 210 g/mol. The summed E-state index contributed by atoms with van der Waals surface area (Å²) in [5, 5.41) is 4.91. The lowest BCUT2D eigenvalue weighted by atomic mass is 10.2. The number of carbonyl (C=O) groups excluding carboxylic acids is 1. The van der Waals surface area contributed by atoms with E-state index in [2.05, 4.69) is 11.4 Å². The van der Waals surface area contributed by atoms with Gasteiger partial charge in [0.2, 0.25) is 5.91 Å². The summed E-state index contributed by atoms with van der Waals surface area (Å²) in [5.74, 6) is -0.00898. The second-order valence-electron chi connectivity index (χ2n) is 3.87. The molecule has 1 heterocycles. The summed E-state index contributed by atoms with van der Waals surface area (Å²) in [7, 11) is 0. The summed E-state index contributed by atoms with van der Waals surface area (Å²) in [6.07, 6.45) is 1.64. The SMILES string of the molecule is Cc1ccsc1CNC(=O)C1(N)CC1. The van der Waals surface area contributed by atoms with Crippen molar-refractivity contribution in [3.63, 3.8) is 0 Å². The van der Waals surface area contributed by atoms with E-state index in [0.29, 0.717) is 6.54 Å². The molecule has 0 aliphatic heterocycles. The van der Waals surface area contributed by atoms with Gasteiger partial charge in [-0.25, -0.2) is 0 Å². The van der Waals surface area contributed by atoms with Gasteiger partial charge in [0.15, 0.2) is 0 Å². The fourth-order valence-corrected chi connectivity index (χ4v) is 2.13. The fourth-order valence-electron chi connectivity index (χ4n) is 1.28. The van der Waals surface area contributed by atoms with Crippen LogP contribution in [0.15, 0.2) is 11.4 Å². The maximum Gasteiger partial charge on any atom is 0.240 e. The van der Waals surface area contributed by atoms with Gasteiger partial charge >= 0.3 is 0 Å². The number of nitrogens with one attached hydrogen (secondary N) is 1. The highest BCUT2D eigenvalue weighted by atomic mass is 32.1. The normalized spacial score (nSPS) is 17.9. The zero-order chi connectivity index (χ0) is 10.2. The minimum absolute atomic E-state index is 0.00898. The van der Waals surface area contributed by atoms with Gasteiger partial charge in [0, 0.05) is 4.88 Å². The molecule has 3 N–H and O–H groups in total. The van der Waals surface area contributed by atoms with Crippen LogP contribution in [0, 0.1) is 6.92 Å². The minimum Gasteiger partial charge on any atom is -0.350 e. The Morgan fingerprint density at radius 2 is 2.43 bits per heavy atom. The molecule has 0 radical (unpaired) electrons. The largest absolute Gasteiger partial charge is 0.350 e. The van der Waals surface area contributed by atoms with Crippen LogP contribution in [0.1, 0.15) is 23.3 Å². The van der Waals surface area contributed by atoms with Gasteiger partial charge in [-0.3, -0.25) is 4.79 Å². The number of rotatable bonds is 3. The van der Waals surface area contributed by atoms with Crippen molar-refractivity contribution >= 4 is 17.2 Å². The molecular formula is C10H14N2OS. The lowest BCUT2D eigenvalue weighted by Crippen LogP contribution is -2.42. The molecule has 1 aromatic heterocycles. The molecule has 0 atom stereocenters. The third-order valence-electron chi connectivity index (χ3n) is 2.62. The number of amides is 1. The van der Waals surface area contributed by atoms with Crippen molar-refractivity contribution in [2.45, 2.75) is 31.8 Å². The summed E-state index contributed by atoms with van der Waals surface area (Å²) < 4.78 is 0. The van der Waals surface area contributed by atoms with E-state index in [4.69, 9.17) is 5.73 Å². The van der Waals surface area contributed by atoms with Crippen LogP contribution < -0.4 is 11.1 Å². The van der Waals surface area contributed by atoms with E-state index < -0.39 is 5.54 Å². The van der Waals surface area contributed by atoms with Gasteiger partial charge in [0.05, 0.1) is 12.1 Å². The number of carbonyl (C=O) groups is 1. The lowest BCUT2D eigenvalue weighted by molar-refractivity contribution is -0.123. The molecule has 0 saturated heterocycles. The molecule has 4 heteroatoms. The van der Waals surface area contributed by atoms with Crippen molar-refractivity contribution in [2.24, 2.45) is 5.73 Å². The van der Waals surface area contributed by atoms with Gasteiger partial charge < -0.3 is 11.1 Å². The molecule has 1 aliphatic carbocycles. The Morgan fingerprint density at radius 3 is 2.93 bits per heavy atom. The molecule has 1 saturated carbocycles. The molecule has 1 aromatic rings. The van der Waals surface area contributed by atoms with Gasteiger partial charge in [-0.05, 0) is 36.8 Å². The Kier molecular flexibility index (Phi) is 2.33. The third-order valence-corrected chi connectivity index (χ3v) is 3.64. The first-order valence-electron chi connectivity index (χ1n) is 4.72. The Morgan fingerprint density at radius 1 is 1.71 bits per heavy atom. The molecule has 1 amide bonds. The molecular weight excluding hydrogens is 196 g/mol. The zero-order valence-corrected chi connectivity index (χ0v) is 8.99. The van der Waals surface area contributed by atoms with Crippen molar-refractivity contribution in [1.82, 2.24) is 5.32 Å². The van der Waals surface area contributed by atoms with E-state index in [-0.39, 0.29) is 5.91 Å². The van der Waals surface area contributed by atoms with Crippen molar-refractivity contribution in [1.29, 1.82) is 0 Å². The quantitative estimate of drug-likeness (QED) is 0.786. The van der Waals surface area contributed by atoms with Crippen LogP contribution in [-0.2, 0) is 11.3 Å². The smallest absolute Gasteiger partial charge is 0.240 e. The van der Waals surface area contributed by atoms with E-state index in [1.807, 2.05) is 12.3 Å². The Balaban J connectivity index is 1.89. The van der Waals surface area contributed by atoms with Crippen LogP contribution in [-0.4, -0.2) is 11.4 Å². The summed E-state index contributed by atoms with van der Waals surface area (Å²) in [6, 6.07) is 2.06. The molecule has 0 aromatic carbocycles. The number of thiophene rings is 1. The van der Waals surface area contributed by atoms with E-state index in [1.54, 1.807) is 11.3 Å². The Hall–Kier alpha value is -0.870. The maximum atomic E-state index is 11.5. The van der Waals surface area contributed by atoms with Crippen LogP contribution in [0.25, 0.3) is 0 Å². The number of hydrogen-bond acceptors (Lipinski definition) is 3. The van der Waals surface area contributed by atoms with Crippen LogP contribution in [0.3, 0.4) is 0 Å². The number of nitrogens with two attached hydrogens (primary N) is 1. The molecule has 1 fully saturated rings. The molecule has 14 heavy (non-hydrogen) atoms. The van der Waals surface area contributed by atoms with Crippen molar-refractivity contribution in [3.05, 3.63) is 21.9 Å². The van der Waals surface area contributed by atoms with E-state index in [0.717, 1.165) is 12.8 Å². The molecule has 76 valence electrons. The highest BCUT2D eigenvalue weighted by Gasteiger charge is 2.45. The second-order valence-corrected chi connectivity index (χ2v) is 4.87. The van der Waals surface area contributed by atoms with Crippen LogP contribution >= 0.6 is 11.3 Å². The Bertz CT molecular complexity index is 355. The average molecular weight is 210 g/mol. The lowest BCUT2D eigenvalue weighted by Gasteiger charge is -2.09. The number of aryl methyl sites for hydroxylation is 1. The van der Waals surface area contributed by atoms with Crippen molar-refractivity contribution in [3.8, 4) is 0 Å². The Labute approximate surface area is 87.3 Å². The summed E-state index contributed by atoms with van der Waals surface area (Å²) in [6.45, 7) is 2.66. The number of hydrogen-bond donors (Lipinski definition) is 2. The predicted molar refractivity (Wildman–Crippen MR) is 57.1 cm³/mol. The van der Waals surface area contributed by atoms with Gasteiger partial charge in [0.25, 0.3) is 0 Å². The molecule has 0 spiro atoms. The first kappa shape index (κ1) is 9.68. The third kappa shape index (κ3) is 1.81. The van der Waals surface area contributed by atoms with Crippen molar-refractivity contribution in [2.75, 3.05) is 0 Å². The topological polar surface area (TPSA) is 55.1 Å². The summed E-state index contributed by atoms with van der Waals surface area (Å²) in [5.41, 5.74) is 6.44. The van der Waals surface area contributed by atoms with Gasteiger partial charge in [0.1, 0.15) is 0 Å². The summed E-state index contributed by atoms with van der Waals surface area (Å²) in [4.78, 5) is 12.7. The standard InChI is InChI=1S/C10H14N2OS/c1-7-2-5-14-8(7)6-12-9(13)10(11)3-4-10/h2,5H,3-4,6,11H2,1H3,(H,12,13). The highest BCUT2D eigenvalue weighted by molar-refractivity contribution is 7.10. The first-order chi connectivity index (χ1) is 6.62. The van der Waals surface area contributed by atoms with Crippen LogP contribution in [0.4, 0.5) is 0 Å². The molecule has 0 bridgehead atoms. The minimum atomic E-state index is -0.550. The van der Waals surface area contributed by atoms with Gasteiger partial charge in [-0.1, -0.05) is 0 Å². The van der Waals surface area contributed by atoms with E-state index in [1.165, 1.54) is 10.4 Å². The zero-order valence-electron chi connectivity index (χ0n) is 8.17. The average Bonchev–Trinajstić information content (AvgIpc) is 2.77. The van der Waals surface area contributed by atoms with Gasteiger partial charge in [-0.15, -0.1) is 11.3 Å².